The SMILES string of the molecule is CCC(CO)(CO)Cc1ccn(C2CCCCC2)n1. The number of nitrogens with zero attached hydrogens (tertiary/aromatic N) is 2. The first-order chi connectivity index (χ1) is 9.23. The fourth-order valence-electron chi connectivity index (χ4n) is 2.92. The summed E-state index contributed by atoms with van der Waals surface area (Å²) in [5, 5.41) is 23.7. The number of aliphatic hydroxyl groups is 2. The third-order valence-corrected chi connectivity index (χ3v) is 4.59. The predicted molar refractivity (Wildman–Crippen MR) is 74.9 cm³/mol. The van der Waals surface area contributed by atoms with Crippen molar-refractivity contribution in [2.75, 3.05) is 13.2 Å². The summed E-state index contributed by atoms with van der Waals surface area (Å²) in [6.07, 6.45) is 9.85. The van der Waals surface area contributed by atoms with Crippen LogP contribution in [0.5, 0.6) is 0 Å². The van der Waals surface area contributed by atoms with E-state index in [1.165, 1.54) is 32.1 Å². The molecule has 0 amide bonds. The molecule has 0 atom stereocenters. The highest BCUT2D eigenvalue weighted by Crippen LogP contribution is 2.29. The van der Waals surface area contributed by atoms with Gasteiger partial charge in [0.2, 0.25) is 0 Å². The fraction of sp³-hybridized carbons (Fsp3) is 0.800. The zero-order valence-electron chi connectivity index (χ0n) is 11.9. The molecule has 19 heavy (non-hydrogen) atoms. The molecule has 1 aromatic rings. The van der Waals surface area contributed by atoms with Gasteiger partial charge in [-0.05, 0) is 25.3 Å². The molecule has 0 spiro atoms. The van der Waals surface area contributed by atoms with E-state index in [1.54, 1.807) is 0 Å². The summed E-state index contributed by atoms with van der Waals surface area (Å²) in [6, 6.07) is 2.58. The van der Waals surface area contributed by atoms with Crippen molar-refractivity contribution >= 4 is 0 Å². The van der Waals surface area contributed by atoms with E-state index in [0.29, 0.717) is 12.5 Å². The zero-order chi connectivity index (χ0) is 13.7. The molecule has 1 aromatic heterocycles. The summed E-state index contributed by atoms with van der Waals surface area (Å²) in [7, 11) is 0. The molecule has 1 aliphatic rings. The lowest BCUT2D eigenvalue weighted by Crippen LogP contribution is -2.31. The quantitative estimate of drug-likeness (QED) is 0.830. The van der Waals surface area contributed by atoms with E-state index in [0.717, 1.165) is 12.1 Å². The number of hydrogen-bond donors (Lipinski definition) is 2. The molecule has 1 heterocycles. The van der Waals surface area contributed by atoms with Crippen molar-refractivity contribution in [3.05, 3.63) is 18.0 Å². The molecule has 0 radical (unpaired) electrons. The van der Waals surface area contributed by atoms with Gasteiger partial charge in [0, 0.05) is 18.0 Å². The Balaban J connectivity index is 2.03. The second-order valence-corrected chi connectivity index (χ2v) is 5.93. The summed E-state index contributed by atoms with van der Waals surface area (Å²) >= 11 is 0. The molecular weight excluding hydrogens is 240 g/mol. The van der Waals surface area contributed by atoms with Crippen LogP contribution in [0, 0.1) is 5.41 Å². The molecule has 1 fully saturated rings. The van der Waals surface area contributed by atoms with Gasteiger partial charge in [-0.3, -0.25) is 4.68 Å². The summed E-state index contributed by atoms with van der Waals surface area (Å²) in [5.74, 6) is 0. The van der Waals surface area contributed by atoms with E-state index in [-0.39, 0.29) is 13.2 Å². The van der Waals surface area contributed by atoms with Gasteiger partial charge >= 0.3 is 0 Å². The average molecular weight is 266 g/mol. The number of rotatable bonds is 6. The zero-order valence-corrected chi connectivity index (χ0v) is 11.9. The van der Waals surface area contributed by atoms with Crippen LogP contribution in [0.15, 0.2) is 12.3 Å². The highest BCUT2D eigenvalue weighted by molar-refractivity contribution is 5.04. The molecular formula is C15H26N2O2. The second-order valence-electron chi connectivity index (χ2n) is 5.93. The van der Waals surface area contributed by atoms with Crippen molar-refractivity contribution in [1.29, 1.82) is 0 Å². The van der Waals surface area contributed by atoms with Crippen LogP contribution in [0.1, 0.15) is 57.2 Å². The summed E-state index contributed by atoms with van der Waals surface area (Å²) < 4.78 is 2.09. The Hall–Kier alpha value is -0.870. The van der Waals surface area contributed by atoms with Gasteiger partial charge in [-0.1, -0.05) is 26.2 Å². The minimum Gasteiger partial charge on any atom is -0.396 e. The van der Waals surface area contributed by atoms with E-state index < -0.39 is 5.41 Å². The van der Waals surface area contributed by atoms with Gasteiger partial charge in [0.05, 0.1) is 24.9 Å². The Kier molecular flexibility index (Phi) is 4.99. The van der Waals surface area contributed by atoms with Crippen molar-refractivity contribution in [2.24, 2.45) is 5.41 Å². The molecule has 4 heteroatoms. The van der Waals surface area contributed by atoms with Crippen LogP contribution in [-0.2, 0) is 6.42 Å². The summed E-state index contributed by atoms with van der Waals surface area (Å²) in [6.45, 7) is 2.02. The summed E-state index contributed by atoms with van der Waals surface area (Å²) in [4.78, 5) is 0. The number of hydrogen-bond acceptors (Lipinski definition) is 3. The van der Waals surface area contributed by atoms with Crippen molar-refractivity contribution in [3.63, 3.8) is 0 Å². The molecule has 108 valence electrons. The van der Waals surface area contributed by atoms with Crippen LogP contribution >= 0.6 is 0 Å². The van der Waals surface area contributed by atoms with Gasteiger partial charge in [0.1, 0.15) is 0 Å². The fourth-order valence-corrected chi connectivity index (χ4v) is 2.92. The molecule has 1 saturated carbocycles. The number of aliphatic hydroxyl groups excluding tert-OH is 2. The van der Waals surface area contributed by atoms with Crippen LogP contribution in [0.25, 0.3) is 0 Å². The normalized spacial score (nSPS) is 17.8. The van der Waals surface area contributed by atoms with Crippen molar-refractivity contribution < 1.29 is 10.2 Å². The first-order valence-electron chi connectivity index (χ1n) is 7.49. The molecule has 2 rings (SSSR count). The molecule has 0 aliphatic heterocycles. The molecule has 0 bridgehead atoms. The summed E-state index contributed by atoms with van der Waals surface area (Å²) in [5.41, 5.74) is 0.557. The highest BCUT2D eigenvalue weighted by Gasteiger charge is 2.28. The van der Waals surface area contributed by atoms with Gasteiger partial charge in [0.15, 0.2) is 0 Å². The average Bonchev–Trinajstić information content (AvgIpc) is 2.94. The Labute approximate surface area is 115 Å². The van der Waals surface area contributed by atoms with Crippen molar-refractivity contribution in [2.45, 2.75) is 57.9 Å². The standard InChI is InChI=1S/C15H26N2O2/c1-2-15(11-18,12-19)10-13-8-9-17(16-13)14-6-4-3-5-7-14/h8-9,14,18-19H,2-7,10-12H2,1H3. The first-order valence-corrected chi connectivity index (χ1v) is 7.49. The van der Waals surface area contributed by atoms with Gasteiger partial charge in [-0.15, -0.1) is 0 Å². The second kappa shape index (κ2) is 6.53. The minimum atomic E-state index is -0.425. The topological polar surface area (TPSA) is 58.3 Å². The molecule has 0 unspecified atom stereocenters. The minimum absolute atomic E-state index is 0.0102. The van der Waals surface area contributed by atoms with Crippen LogP contribution in [0.4, 0.5) is 0 Å². The van der Waals surface area contributed by atoms with Gasteiger partial charge in [-0.25, -0.2) is 0 Å². The van der Waals surface area contributed by atoms with Gasteiger partial charge in [0.25, 0.3) is 0 Å². The third-order valence-electron chi connectivity index (χ3n) is 4.59. The lowest BCUT2D eigenvalue weighted by molar-refractivity contribution is 0.0504. The van der Waals surface area contributed by atoms with Gasteiger partial charge in [-0.2, -0.15) is 5.10 Å². The molecule has 0 saturated heterocycles. The van der Waals surface area contributed by atoms with Crippen molar-refractivity contribution in [3.8, 4) is 0 Å². The van der Waals surface area contributed by atoms with Crippen LogP contribution in [0.2, 0.25) is 0 Å². The van der Waals surface area contributed by atoms with Crippen LogP contribution < -0.4 is 0 Å². The molecule has 4 nitrogen and oxygen atoms in total. The predicted octanol–water partition coefficient (Wildman–Crippen LogP) is 2.31. The van der Waals surface area contributed by atoms with Crippen LogP contribution in [0.3, 0.4) is 0 Å². The molecule has 1 aliphatic carbocycles. The van der Waals surface area contributed by atoms with E-state index in [9.17, 15) is 10.2 Å². The maximum absolute atomic E-state index is 9.50. The largest absolute Gasteiger partial charge is 0.396 e. The highest BCUT2D eigenvalue weighted by atomic mass is 16.3. The Morgan fingerprint density at radius 2 is 1.95 bits per heavy atom. The monoisotopic (exact) mass is 266 g/mol. The lowest BCUT2D eigenvalue weighted by atomic mass is 9.82. The Bertz CT molecular complexity index is 371. The third kappa shape index (κ3) is 3.37. The van der Waals surface area contributed by atoms with E-state index in [4.69, 9.17) is 0 Å². The number of aromatic nitrogens is 2. The smallest absolute Gasteiger partial charge is 0.0632 e. The lowest BCUT2D eigenvalue weighted by Gasteiger charge is -2.27. The van der Waals surface area contributed by atoms with Gasteiger partial charge < -0.3 is 10.2 Å². The maximum Gasteiger partial charge on any atom is 0.0632 e. The van der Waals surface area contributed by atoms with E-state index in [1.807, 2.05) is 13.0 Å². The molecule has 0 aromatic carbocycles. The van der Waals surface area contributed by atoms with Crippen molar-refractivity contribution in [1.82, 2.24) is 9.78 Å². The first kappa shape index (κ1) is 14.5. The maximum atomic E-state index is 9.50. The Morgan fingerprint density at radius 1 is 1.26 bits per heavy atom. The van der Waals surface area contributed by atoms with Crippen LogP contribution in [-0.4, -0.2) is 33.2 Å². The van der Waals surface area contributed by atoms with E-state index in [2.05, 4.69) is 16.0 Å². The van der Waals surface area contributed by atoms with E-state index >= 15 is 0 Å². The Morgan fingerprint density at radius 3 is 2.53 bits per heavy atom. The molecule has 2 N–H and O–H groups in total.